The monoisotopic (exact) mass is 359 g/mol. The molecule has 0 aliphatic rings. The molecule has 0 fully saturated rings. The Kier molecular flexibility index (Phi) is 3.75. The second-order valence-electron chi connectivity index (χ2n) is 3.36. The van der Waals surface area contributed by atoms with Gasteiger partial charge in [0.15, 0.2) is 0 Å². The van der Waals surface area contributed by atoms with E-state index in [0.29, 0.717) is 0 Å². The van der Waals surface area contributed by atoms with E-state index in [1.807, 2.05) is 22.6 Å². The fraction of sp³-hybridized carbons (Fsp3) is 0. The van der Waals surface area contributed by atoms with Crippen LogP contribution >= 0.6 is 22.6 Å². The Labute approximate surface area is 116 Å². The summed E-state index contributed by atoms with van der Waals surface area (Å²) in [4.78, 5) is 14.8. The van der Waals surface area contributed by atoms with Gasteiger partial charge < -0.3 is 9.84 Å². The molecule has 0 spiro atoms. The highest BCUT2D eigenvalue weighted by Gasteiger charge is 2.13. The van der Waals surface area contributed by atoms with E-state index in [0.717, 1.165) is 9.77 Å². The van der Waals surface area contributed by atoms with E-state index in [2.05, 4.69) is 4.98 Å². The highest BCUT2D eigenvalue weighted by molar-refractivity contribution is 14.1. The van der Waals surface area contributed by atoms with Crippen molar-refractivity contribution in [2.45, 2.75) is 0 Å². The number of aromatic carboxylic acids is 1. The Hall–Kier alpha value is -1.70. The first kappa shape index (κ1) is 12.7. The molecule has 0 unspecified atom stereocenters. The molecule has 0 aliphatic carbocycles. The Morgan fingerprint density at radius 1 is 1.33 bits per heavy atom. The molecular formula is C12H7FINO3. The fourth-order valence-electron chi connectivity index (χ4n) is 1.29. The molecule has 92 valence electrons. The minimum absolute atomic E-state index is 0.0352. The highest BCUT2D eigenvalue weighted by atomic mass is 127. The standard InChI is InChI=1S/C12H7FINO3/c13-7-1-4-11(15-6-7)18-10-3-2-8(14)5-9(10)12(16)17/h1-6H,(H,16,17). The molecule has 0 atom stereocenters. The topological polar surface area (TPSA) is 59.4 Å². The first-order valence-corrected chi connectivity index (χ1v) is 5.96. The number of ether oxygens (including phenoxy) is 1. The van der Waals surface area contributed by atoms with Crippen LogP contribution in [0.15, 0.2) is 36.5 Å². The maximum absolute atomic E-state index is 12.7. The molecule has 0 radical (unpaired) electrons. The molecule has 1 N–H and O–H groups in total. The Bertz CT molecular complexity index is 586. The smallest absolute Gasteiger partial charge is 0.339 e. The third-order valence-corrected chi connectivity index (χ3v) is 2.76. The maximum atomic E-state index is 12.7. The summed E-state index contributed by atoms with van der Waals surface area (Å²) >= 11 is 2.01. The summed E-state index contributed by atoms with van der Waals surface area (Å²) in [6.45, 7) is 0. The van der Waals surface area contributed by atoms with Crippen LogP contribution in [-0.2, 0) is 0 Å². The number of carbonyl (C=O) groups is 1. The van der Waals surface area contributed by atoms with E-state index in [1.165, 1.54) is 24.3 Å². The molecule has 2 aromatic rings. The summed E-state index contributed by atoms with van der Waals surface area (Å²) in [5, 5.41) is 9.05. The zero-order valence-corrected chi connectivity index (χ0v) is 11.1. The second kappa shape index (κ2) is 5.30. The van der Waals surface area contributed by atoms with Gasteiger partial charge in [-0.25, -0.2) is 14.2 Å². The number of hydrogen-bond acceptors (Lipinski definition) is 3. The molecule has 4 nitrogen and oxygen atoms in total. The van der Waals surface area contributed by atoms with Crippen molar-refractivity contribution in [2.24, 2.45) is 0 Å². The van der Waals surface area contributed by atoms with E-state index >= 15 is 0 Å². The van der Waals surface area contributed by atoms with Gasteiger partial charge in [-0.1, -0.05) is 0 Å². The summed E-state index contributed by atoms with van der Waals surface area (Å²) in [7, 11) is 0. The number of pyridine rings is 1. The van der Waals surface area contributed by atoms with Gasteiger partial charge in [-0.15, -0.1) is 0 Å². The van der Waals surface area contributed by atoms with Crippen molar-refractivity contribution in [1.82, 2.24) is 4.98 Å². The molecule has 0 bridgehead atoms. The van der Waals surface area contributed by atoms with Gasteiger partial charge in [0.1, 0.15) is 17.1 Å². The van der Waals surface area contributed by atoms with Gasteiger partial charge >= 0.3 is 5.97 Å². The van der Waals surface area contributed by atoms with E-state index in [1.54, 1.807) is 6.07 Å². The van der Waals surface area contributed by atoms with Gasteiger partial charge in [0, 0.05) is 9.64 Å². The third-order valence-electron chi connectivity index (χ3n) is 2.09. The Morgan fingerprint density at radius 3 is 2.72 bits per heavy atom. The van der Waals surface area contributed by atoms with Crippen molar-refractivity contribution < 1.29 is 19.0 Å². The molecule has 2 rings (SSSR count). The molecule has 0 saturated heterocycles. The molecule has 0 saturated carbocycles. The predicted octanol–water partition coefficient (Wildman–Crippen LogP) is 3.32. The lowest BCUT2D eigenvalue weighted by atomic mass is 10.2. The van der Waals surface area contributed by atoms with Crippen LogP contribution in [0.1, 0.15) is 10.4 Å². The van der Waals surface area contributed by atoms with Crippen molar-refractivity contribution in [3.8, 4) is 11.6 Å². The average molecular weight is 359 g/mol. The van der Waals surface area contributed by atoms with E-state index in [-0.39, 0.29) is 17.2 Å². The fourth-order valence-corrected chi connectivity index (χ4v) is 1.78. The van der Waals surface area contributed by atoms with Gasteiger partial charge in [0.2, 0.25) is 5.88 Å². The van der Waals surface area contributed by atoms with Gasteiger partial charge in [-0.05, 0) is 46.9 Å². The molecule has 1 aromatic carbocycles. The lowest BCUT2D eigenvalue weighted by Gasteiger charge is -2.07. The summed E-state index contributed by atoms with van der Waals surface area (Å²) in [6.07, 6.45) is 1.00. The first-order chi connectivity index (χ1) is 8.56. The van der Waals surface area contributed by atoms with Crippen molar-refractivity contribution in [2.75, 3.05) is 0 Å². The Morgan fingerprint density at radius 2 is 2.11 bits per heavy atom. The van der Waals surface area contributed by atoms with Crippen LogP contribution in [0.25, 0.3) is 0 Å². The van der Waals surface area contributed by atoms with Gasteiger partial charge in [-0.3, -0.25) is 0 Å². The van der Waals surface area contributed by atoms with E-state index < -0.39 is 11.8 Å². The number of aromatic nitrogens is 1. The molecule has 1 aromatic heterocycles. The number of benzene rings is 1. The largest absolute Gasteiger partial charge is 0.478 e. The van der Waals surface area contributed by atoms with Crippen molar-refractivity contribution in [3.05, 3.63) is 51.5 Å². The number of rotatable bonds is 3. The zero-order chi connectivity index (χ0) is 13.1. The number of hydrogen-bond donors (Lipinski definition) is 1. The Balaban J connectivity index is 2.34. The number of nitrogens with zero attached hydrogens (tertiary/aromatic N) is 1. The zero-order valence-electron chi connectivity index (χ0n) is 8.93. The minimum atomic E-state index is -1.09. The van der Waals surface area contributed by atoms with Crippen LogP contribution in [0, 0.1) is 9.39 Å². The summed E-state index contributed by atoms with van der Waals surface area (Å²) in [6, 6.07) is 7.26. The van der Waals surface area contributed by atoms with Crippen molar-refractivity contribution in [1.29, 1.82) is 0 Å². The lowest BCUT2D eigenvalue weighted by molar-refractivity contribution is 0.0694. The van der Waals surface area contributed by atoms with Gasteiger partial charge in [0.05, 0.1) is 6.20 Å². The molecule has 0 amide bonds. The van der Waals surface area contributed by atoms with E-state index in [9.17, 15) is 9.18 Å². The van der Waals surface area contributed by atoms with Crippen LogP contribution in [0.4, 0.5) is 4.39 Å². The minimum Gasteiger partial charge on any atom is -0.478 e. The quantitative estimate of drug-likeness (QED) is 0.855. The first-order valence-electron chi connectivity index (χ1n) is 4.88. The highest BCUT2D eigenvalue weighted by Crippen LogP contribution is 2.25. The normalized spacial score (nSPS) is 10.1. The second-order valence-corrected chi connectivity index (χ2v) is 4.61. The SMILES string of the molecule is O=C(O)c1cc(I)ccc1Oc1ccc(F)cn1. The summed E-state index contributed by atoms with van der Waals surface area (Å²) in [5.41, 5.74) is 0.0352. The summed E-state index contributed by atoms with van der Waals surface area (Å²) < 4.78 is 18.8. The van der Waals surface area contributed by atoms with Crippen LogP contribution in [0.2, 0.25) is 0 Å². The van der Waals surface area contributed by atoms with Gasteiger partial charge in [0.25, 0.3) is 0 Å². The van der Waals surface area contributed by atoms with Crippen LogP contribution in [-0.4, -0.2) is 16.1 Å². The molecule has 18 heavy (non-hydrogen) atoms. The molecule has 1 heterocycles. The van der Waals surface area contributed by atoms with Crippen molar-refractivity contribution >= 4 is 28.6 Å². The number of halogens is 2. The van der Waals surface area contributed by atoms with Crippen LogP contribution in [0.5, 0.6) is 11.6 Å². The number of carboxylic acids is 1. The van der Waals surface area contributed by atoms with Crippen LogP contribution < -0.4 is 4.74 Å². The van der Waals surface area contributed by atoms with Crippen LogP contribution in [0.3, 0.4) is 0 Å². The number of carboxylic acid groups (broad SMARTS) is 1. The maximum Gasteiger partial charge on any atom is 0.339 e. The summed E-state index contributed by atoms with van der Waals surface area (Å²) in [5.74, 6) is -1.27. The van der Waals surface area contributed by atoms with Gasteiger partial charge in [-0.2, -0.15) is 0 Å². The van der Waals surface area contributed by atoms with E-state index in [4.69, 9.17) is 9.84 Å². The molecule has 0 aliphatic heterocycles. The van der Waals surface area contributed by atoms with Crippen molar-refractivity contribution in [3.63, 3.8) is 0 Å². The molecule has 6 heteroatoms. The average Bonchev–Trinajstić information content (AvgIpc) is 2.34. The predicted molar refractivity (Wildman–Crippen MR) is 70.4 cm³/mol. The molecular weight excluding hydrogens is 352 g/mol. The third kappa shape index (κ3) is 2.95. The lowest BCUT2D eigenvalue weighted by Crippen LogP contribution is -2.01.